The molecule has 1 aromatic carbocycles. The van der Waals surface area contributed by atoms with Gasteiger partial charge in [0.25, 0.3) is 5.91 Å². The van der Waals surface area contributed by atoms with Gasteiger partial charge in [0.2, 0.25) is 5.91 Å². The largest absolute Gasteiger partial charge is 0.490 e. The van der Waals surface area contributed by atoms with Crippen molar-refractivity contribution in [3.63, 3.8) is 0 Å². The minimum atomic E-state index is -4.38. The van der Waals surface area contributed by atoms with E-state index in [1.54, 1.807) is 14.5 Å². The van der Waals surface area contributed by atoms with Crippen LogP contribution in [0.5, 0.6) is 5.75 Å². The van der Waals surface area contributed by atoms with Gasteiger partial charge in [-0.2, -0.15) is 18.3 Å². The van der Waals surface area contributed by atoms with E-state index in [1.165, 1.54) is 12.1 Å². The van der Waals surface area contributed by atoms with Crippen molar-refractivity contribution in [2.75, 3.05) is 26.2 Å². The van der Waals surface area contributed by atoms with E-state index in [1.807, 2.05) is 13.8 Å². The summed E-state index contributed by atoms with van der Waals surface area (Å²) < 4.78 is 51.6. The number of carbonyl (C=O) groups is 2. The minimum absolute atomic E-state index is 0.0365. The molecule has 1 aliphatic carbocycles. The van der Waals surface area contributed by atoms with Gasteiger partial charge in [-0.3, -0.25) is 14.3 Å². The molecule has 3 aliphatic rings. The maximum Gasteiger partial charge on any atom is 0.416 e. The normalized spacial score (nSPS) is 22.4. The van der Waals surface area contributed by atoms with Crippen molar-refractivity contribution in [2.24, 2.45) is 0 Å². The molecule has 0 saturated carbocycles. The number of aromatic nitrogens is 2. The van der Waals surface area contributed by atoms with Crippen molar-refractivity contribution < 1.29 is 32.2 Å². The van der Waals surface area contributed by atoms with Crippen LogP contribution in [0.25, 0.3) is 0 Å². The van der Waals surface area contributed by atoms with Crippen molar-refractivity contribution in [1.82, 2.24) is 19.6 Å². The van der Waals surface area contributed by atoms with Gasteiger partial charge in [0.1, 0.15) is 18.4 Å². The topological polar surface area (TPSA) is 76.9 Å². The summed E-state index contributed by atoms with van der Waals surface area (Å²) in [5.74, 6) is 0.219. The van der Waals surface area contributed by atoms with Gasteiger partial charge in [-0.15, -0.1) is 0 Å². The fourth-order valence-electron chi connectivity index (χ4n) is 5.67. The lowest BCUT2D eigenvalue weighted by Crippen LogP contribution is -2.48. The average molecular weight is 535 g/mol. The first-order chi connectivity index (χ1) is 18.1. The Morgan fingerprint density at radius 1 is 1.03 bits per heavy atom. The summed E-state index contributed by atoms with van der Waals surface area (Å²) in [7, 11) is 0. The second kappa shape index (κ2) is 10.6. The number of halogens is 3. The van der Waals surface area contributed by atoms with Crippen LogP contribution in [0.3, 0.4) is 0 Å². The number of likely N-dealkylation sites (tertiary alicyclic amines) is 1. The number of amides is 2. The Morgan fingerprint density at radius 3 is 2.32 bits per heavy atom. The first-order valence-corrected chi connectivity index (χ1v) is 13.2. The summed E-state index contributed by atoms with van der Waals surface area (Å²) in [6.45, 7) is 6.01. The van der Waals surface area contributed by atoms with Gasteiger partial charge < -0.3 is 19.3 Å². The van der Waals surface area contributed by atoms with Crippen LogP contribution in [-0.4, -0.2) is 75.9 Å². The van der Waals surface area contributed by atoms with Gasteiger partial charge in [-0.05, 0) is 57.4 Å². The number of carbonyl (C=O) groups excluding carboxylic acids is 2. The zero-order valence-corrected chi connectivity index (χ0v) is 21.7. The number of ether oxygens (including phenoxy) is 2. The molecule has 11 heteroatoms. The number of rotatable bonds is 5. The number of morpholine rings is 1. The van der Waals surface area contributed by atoms with Crippen molar-refractivity contribution in [2.45, 2.75) is 77.0 Å². The van der Waals surface area contributed by atoms with Crippen LogP contribution in [0.1, 0.15) is 60.4 Å². The predicted octanol–water partition coefficient (Wildman–Crippen LogP) is 3.71. The molecule has 38 heavy (non-hydrogen) atoms. The molecule has 0 radical (unpaired) electrons. The molecule has 8 nitrogen and oxygen atoms in total. The summed E-state index contributed by atoms with van der Waals surface area (Å²) in [6.07, 6.45) is -0.948. The molecule has 0 bridgehead atoms. The number of nitrogens with zero attached hydrogens (tertiary/aromatic N) is 4. The highest BCUT2D eigenvalue weighted by molar-refractivity contribution is 5.94. The van der Waals surface area contributed by atoms with Crippen LogP contribution in [-0.2, 0) is 35.1 Å². The third-order valence-corrected chi connectivity index (χ3v) is 7.48. The lowest BCUT2D eigenvalue weighted by atomic mass is 10.1. The second-order valence-corrected chi connectivity index (χ2v) is 10.5. The summed E-state index contributed by atoms with van der Waals surface area (Å²) >= 11 is 0. The van der Waals surface area contributed by atoms with Crippen LogP contribution >= 0.6 is 0 Å². The van der Waals surface area contributed by atoms with Crippen LogP contribution in [0.2, 0.25) is 0 Å². The van der Waals surface area contributed by atoms with Crippen LogP contribution in [0, 0.1) is 0 Å². The van der Waals surface area contributed by atoms with E-state index < -0.39 is 11.7 Å². The molecule has 2 aromatic rings. The number of hydrogen-bond acceptors (Lipinski definition) is 5. The average Bonchev–Trinajstić information content (AvgIpc) is 3.47. The maximum atomic E-state index is 13.3. The molecule has 1 aromatic heterocycles. The molecule has 5 rings (SSSR count). The molecule has 2 amide bonds. The van der Waals surface area contributed by atoms with E-state index in [2.05, 4.69) is 5.10 Å². The Labute approximate surface area is 219 Å². The molecule has 0 N–H and O–H groups in total. The molecule has 2 atom stereocenters. The number of alkyl halides is 3. The van der Waals surface area contributed by atoms with E-state index in [4.69, 9.17) is 9.47 Å². The Kier molecular flexibility index (Phi) is 7.39. The molecule has 206 valence electrons. The summed E-state index contributed by atoms with van der Waals surface area (Å²) in [5, 5.41) is 4.62. The quantitative estimate of drug-likeness (QED) is 0.585. The summed E-state index contributed by atoms with van der Waals surface area (Å²) in [4.78, 5) is 30.0. The van der Waals surface area contributed by atoms with Gasteiger partial charge >= 0.3 is 6.18 Å². The van der Waals surface area contributed by atoms with Gasteiger partial charge in [0, 0.05) is 50.3 Å². The number of benzene rings is 1. The van der Waals surface area contributed by atoms with Gasteiger partial charge in [-0.1, -0.05) is 0 Å². The van der Waals surface area contributed by atoms with E-state index >= 15 is 0 Å². The first-order valence-electron chi connectivity index (χ1n) is 13.2. The highest BCUT2D eigenvalue weighted by Crippen LogP contribution is 2.31. The molecular weight excluding hydrogens is 501 g/mol. The van der Waals surface area contributed by atoms with E-state index in [0.717, 1.165) is 42.7 Å². The Hall–Kier alpha value is -3.08. The highest BCUT2D eigenvalue weighted by Gasteiger charge is 2.34. The SMILES string of the molecule is C[C@@H]1CN(C(=O)c2nn(CC(=O)N3CCC(Oc4ccc(C(F)(F)F)cc4)CC3)c3c2CCC3)C[C@H](C)O1. The molecule has 0 spiro atoms. The molecule has 2 aliphatic heterocycles. The lowest BCUT2D eigenvalue weighted by Gasteiger charge is -2.35. The van der Waals surface area contributed by atoms with Gasteiger partial charge in [0.05, 0.1) is 17.8 Å². The van der Waals surface area contributed by atoms with E-state index in [0.29, 0.717) is 50.5 Å². The van der Waals surface area contributed by atoms with Crippen LogP contribution in [0.4, 0.5) is 13.2 Å². The van der Waals surface area contributed by atoms with Gasteiger partial charge in [-0.25, -0.2) is 0 Å². The maximum absolute atomic E-state index is 13.3. The summed E-state index contributed by atoms with van der Waals surface area (Å²) in [6, 6.07) is 4.68. The van der Waals surface area contributed by atoms with Crippen molar-refractivity contribution in [3.05, 3.63) is 46.8 Å². The Bertz CT molecular complexity index is 1160. The Balaban J connectivity index is 1.18. The lowest BCUT2D eigenvalue weighted by molar-refractivity contribution is -0.137. The smallest absolute Gasteiger partial charge is 0.416 e. The predicted molar refractivity (Wildman–Crippen MR) is 132 cm³/mol. The van der Waals surface area contributed by atoms with E-state index in [-0.39, 0.29) is 36.7 Å². The minimum Gasteiger partial charge on any atom is -0.490 e. The number of piperidine rings is 1. The zero-order chi connectivity index (χ0) is 27.0. The molecule has 2 saturated heterocycles. The number of fused-ring (bicyclic) bond motifs is 1. The van der Waals surface area contributed by atoms with Crippen LogP contribution < -0.4 is 4.74 Å². The monoisotopic (exact) mass is 534 g/mol. The molecule has 2 fully saturated rings. The van der Waals surface area contributed by atoms with Gasteiger partial charge in [0.15, 0.2) is 5.69 Å². The second-order valence-electron chi connectivity index (χ2n) is 10.5. The fourth-order valence-corrected chi connectivity index (χ4v) is 5.67. The van der Waals surface area contributed by atoms with Crippen molar-refractivity contribution in [3.8, 4) is 5.75 Å². The standard InChI is InChI=1S/C27H33F3N4O4/c1-17-14-33(15-18(2)37-17)26(36)25-22-4-3-5-23(22)34(31-25)16-24(35)32-12-10-21(11-13-32)38-20-8-6-19(7-9-20)27(28,29)30/h6-9,17-18,21H,3-5,10-16H2,1-2H3/t17-,18+. The van der Waals surface area contributed by atoms with E-state index in [9.17, 15) is 22.8 Å². The first kappa shape index (κ1) is 26.5. The third-order valence-electron chi connectivity index (χ3n) is 7.48. The zero-order valence-electron chi connectivity index (χ0n) is 21.7. The molecule has 3 heterocycles. The molecular formula is C27H33F3N4O4. The Morgan fingerprint density at radius 2 is 1.68 bits per heavy atom. The number of hydrogen-bond donors (Lipinski definition) is 0. The summed E-state index contributed by atoms with van der Waals surface area (Å²) in [5.41, 5.74) is 1.67. The van der Waals surface area contributed by atoms with Crippen LogP contribution in [0.15, 0.2) is 24.3 Å². The highest BCUT2D eigenvalue weighted by atomic mass is 19.4. The van der Waals surface area contributed by atoms with Crippen molar-refractivity contribution >= 4 is 11.8 Å². The van der Waals surface area contributed by atoms with Crippen molar-refractivity contribution in [1.29, 1.82) is 0 Å². The third kappa shape index (κ3) is 5.67. The fraction of sp³-hybridized carbons (Fsp3) is 0.593. The molecule has 0 unspecified atom stereocenters.